The van der Waals surface area contributed by atoms with E-state index >= 15 is 0 Å². The van der Waals surface area contributed by atoms with Crippen molar-refractivity contribution in [2.45, 2.75) is 0 Å². The van der Waals surface area contributed by atoms with E-state index in [1.165, 1.54) is 0 Å². The summed E-state index contributed by atoms with van der Waals surface area (Å²) in [7, 11) is 0. The lowest BCUT2D eigenvalue weighted by atomic mass is 10.1. The fourth-order valence-electron chi connectivity index (χ4n) is 2.14. The van der Waals surface area contributed by atoms with Crippen LogP contribution in [0.3, 0.4) is 0 Å². The molecule has 0 aromatic heterocycles. The molecule has 2 aromatic rings. The van der Waals surface area contributed by atoms with E-state index in [1.54, 1.807) is 24.3 Å². The summed E-state index contributed by atoms with van der Waals surface area (Å²) >= 11 is 0. The molecule has 1 aliphatic carbocycles. The number of fused-ring (bicyclic) bond motifs is 1. The van der Waals surface area contributed by atoms with E-state index in [9.17, 15) is 9.59 Å². The third-order valence-corrected chi connectivity index (χ3v) is 3.04. The maximum atomic E-state index is 12.2. The van der Waals surface area contributed by atoms with Crippen molar-refractivity contribution in [3.63, 3.8) is 0 Å². The first-order chi connectivity index (χ1) is 8.77. The van der Waals surface area contributed by atoms with Gasteiger partial charge < -0.3 is 0 Å². The Morgan fingerprint density at radius 2 is 1.44 bits per heavy atom. The molecular weight excluding hydrogens is 224 g/mol. The predicted octanol–water partition coefficient (Wildman–Crippen LogP) is 2.86. The van der Waals surface area contributed by atoms with Crippen molar-refractivity contribution in [2.75, 3.05) is 0 Å². The van der Waals surface area contributed by atoms with Crippen LogP contribution in [-0.2, 0) is 0 Å². The molecule has 3 rings (SSSR count). The number of rotatable bonds is 1. The smallest absolute Gasteiger partial charge is 0.288 e. The van der Waals surface area contributed by atoms with Crippen molar-refractivity contribution in [2.24, 2.45) is 0 Å². The highest BCUT2D eigenvalue weighted by molar-refractivity contribution is 6.41. The molecule has 0 spiro atoms. The molecule has 0 saturated heterocycles. The molecule has 0 heterocycles. The average molecular weight is 235 g/mol. The Bertz CT molecular complexity index is 630. The predicted molar refractivity (Wildman–Crippen MR) is 71.2 cm³/mol. The number of allylic oxidation sites excluding steroid dienone is 1. The largest absolute Gasteiger partial charge is 0.359 e. The maximum Gasteiger partial charge on any atom is 0.359 e. The summed E-state index contributed by atoms with van der Waals surface area (Å²) < 4.78 is 0. The molecule has 2 aromatic carbocycles. The lowest BCUT2D eigenvalue weighted by Gasteiger charge is -1.92. The molecule has 0 aliphatic heterocycles. The normalized spacial score (nSPS) is 16.1. The van der Waals surface area contributed by atoms with Crippen LogP contribution >= 0.6 is 0 Å². The zero-order chi connectivity index (χ0) is 12.5. The van der Waals surface area contributed by atoms with Crippen LogP contribution in [0.5, 0.6) is 0 Å². The van der Waals surface area contributed by atoms with Crippen molar-refractivity contribution in [3.05, 3.63) is 76.9 Å². The van der Waals surface area contributed by atoms with Gasteiger partial charge in [-0.2, -0.15) is 0 Å². The lowest BCUT2D eigenvalue weighted by Crippen LogP contribution is -2.01. The summed E-state index contributed by atoms with van der Waals surface area (Å²) in [4.78, 5) is 22.3. The summed E-state index contributed by atoms with van der Waals surface area (Å²) in [6, 6.07) is 16.6. The zero-order valence-electron chi connectivity index (χ0n) is 9.63. The number of benzene rings is 2. The second kappa shape index (κ2) is 4.08. The topological polar surface area (TPSA) is 38.5 Å². The van der Waals surface area contributed by atoms with Crippen LogP contribution in [0.4, 0.5) is 0 Å². The van der Waals surface area contributed by atoms with Crippen molar-refractivity contribution in [1.82, 2.24) is 0 Å². The van der Waals surface area contributed by atoms with Gasteiger partial charge in [0.25, 0.3) is 0 Å². The highest BCUT2D eigenvalue weighted by Crippen LogP contribution is 2.26. The van der Waals surface area contributed by atoms with Gasteiger partial charge in [-0.3, -0.25) is 9.59 Å². The first kappa shape index (κ1) is 10.7. The molecule has 1 aliphatic rings. The van der Waals surface area contributed by atoms with Gasteiger partial charge in [-0.25, -0.2) is 0 Å². The van der Waals surface area contributed by atoms with Gasteiger partial charge in [0.15, 0.2) is 0 Å². The molecule has 86 valence electrons. The van der Waals surface area contributed by atoms with Crippen LogP contribution in [0.15, 0.2) is 60.2 Å². The lowest BCUT2D eigenvalue weighted by molar-refractivity contribution is 0.104. The van der Waals surface area contributed by atoms with E-state index in [4.69, 9.17) is 0 Å². The van der Waals surface area contributed by atoms with Gasteiger partial charge in [-0.05, 0) is 17.7 Å². The molecule has 0 fully saturated rings. The monoisotopic (exact) mass is 235 g/mol. The van der Waals surface area contributed by atoms with Crippen LogP contribution in [-0.4, -0.2) is 16.4 Å². The Morgan fingerprint density at radius 3 is 2.11 bits per heavy atom. The molecule has 0 unspecified atom stereocenters. The van der Waals surface area contributed by atoms with Crippen LogP contribution < -0.4 is 0 Å². The Labute approximate surface area is 105 Å². The highest BCUT2D eigenvalue weighted by Gasteiger charge is 2.37. The molecule has 1 N–H and O–H groups in total. The van der Waals surface area contributed by atoms with E-state index < -0.39 is 0 Å². The first-order valence-corrected chi connectivity index (χ1v) is 5.74. The number of hydrogen-bond donors (Lipinski definition) is 0. The number of carbonyl (C=O) groups is 1. The average Bonchev–Trinajstić information content (AvgIpc) is 2.66. The fourth-order valence-corrected chi connectivity index (χ4v) is 2.14. The fraction of sp³-hybridized carbons (Fsp3) is 0. The summed E-state index contributed by atoms with van der Waals surface area (Å²) in [6.45, 7) is 0. The number of Topliss-reactive ketones (excluding diaryl/α,β-unsaturated/α-hetero) is 1. The first-order valence-electron chi connectivity index (χ1n) is 5.74. The molecule has 0 radical (unpaired) electrons. The molecular formula is C16H11O2+. The molecule has 18 heavy (non-hydrogen) atoms. The van der Waals surface area contributed by atoms with Gasteiger partial charge in [0.05, 0.1) is 5.56 Å². The third-order valence-electron chi connectivity index (χ3n) is 3.04. The van der Waals surface area contributed by atoms with Gasteiger partial charge in [0, 0.05) is 5.56 Å². The van der Waals surface area contributed by atoms with Crippen LogP contribution in [0.2, 0.25) is 0 Å². The highest BCUT2D eigenvalue weighted by atomic mass is 16.2. The van der Waals surface area contributed by atoms with E-state index in [0.717, 1.165) is 5.56 Å². The summed E-state index contributed by atoms with van der Waals surface area (Å²) in [6.07, 6.45) is 1.72. The Hall–Kier alpha value is -2.48. The molecule has 0 atom stereocenters. The van der Waals surface area contributed by atoms with Crippen molar-refractivity contribution >= 4 is 17.6 Å². The third kappa shape index (κ3) is 1.59. The Balaban J connectivity index is 2.10. The van der Waals surface area contributed by atoms with E-state index in [1.807, 2.05) is 36.4 Å². The van der Waals surface area contributed by atoms with Gasteiger partial charge >= 0.3 is 5.78 Å². The van der Waals surface area contributed by atoms with Gasteiger partial charge in [-0.15, -0.1) is 0 Å². The summed E-state index contributed by atoms with van der Waals surface area (Å²) in [5, 5.41) is 0. The van der Waals surface area contributed by atoms with Crippen molar-refractivity contribution < 1.29 is 9.59 Å². The number of carbonyl (C=O) groups excluding carboxylic acids is 2. The van der Waals surface area contributed by atoms with Gasteiger partial charge in [-0.1, -0.05) is 48.5 Å². The standard InChI is InChI=1S/C16H10O2/c17-15-12-8-4-5-9-13(12)16(18)14(15)10-11-6-2-1-3-7-11/h1-10H/p+1. The molecule has 2 heteroatoms. The second-order valence-corrected chi connectivity index (χ2v) is 4.19. The second-order valence-electron chi connectivity index (χ2n) is 4.19. The maximum absolute atomic E-state index is 12.2. The Morgan fingerprint density at radius 1 is 0.833 bits per heavy atom. The number of hydrogen-bond acceptors (Lipinski definition) is 1. The SMILES string of the molecule is O=C1/C(=C/c2ccccc2)C(=[OH+])c2ccccc21. The van der Waals surface area contributed by atoms with Crippen LogP contribution in [0.1, 0.15) is 21.5 Å². The van der Waals surface area contributed by atoms with E-state index in [-0.39, 0.29) is 11.6 Å². The van der Waals surface area contributed by atoms with E-state index in [2.05, 4.69) is 0 Å². The molecule has 0 amide bonds. The molecule has 2 nitrogen and oxygen atoms in total. The van der Waals surface area contributed by atoms with Crippen LogP contribution in [0.25, 0.3) is 6.08 Å². The zero-order valence-corrected chi connectivity index (χ0v) is 9.63. The van der Waals surface area contributed by atoms with Crippen molar-refractivity contribution in [1.29, 1.82) is 0 Å². The quantitative estimate of drug-likeness (QED) is 0.425. The minimum Gasteiger partial charge on any atom is -0.288 e. The van der Waals surface area contributed by atoms with E-state index in [0.29, 0.717) is 16.7 Å². The Kier molecular flexibility index (Phi) is 2.41. The summed E-state index contributed by atoms with van der Waals surface area (Å²) in [5.74, 6) is -0.0496. The number of ketones is 2. The molecule has 0 saturated carbocycles. The van der Waals surface area contributed by atoms with Gasteiger partial charge in [0.2, 0.25) is 5.78 Å². The van der Waals surface area contributed by atoms with Gasteiger partial charge in [0.1, 0.15) is 5.57 Å². The molecule has 0 bridgehead atoms. The van der Waals surface area contributed by atoms with Crippen molar-refractivity contribution in [3.8, 4) is 0 Å². The van der Waals surface area contributed by atoms with Crippen LogP contribution in [0, 0.1) is 0 Å². The minimum atomic E-state index is -0.119. The summed E-state index contributed by atoms with van der Waals surface area (Å²) in [5.41, 5.74) is 2.45. The minimum absolute atomic E-state index is 0.0689.